The van der Waals surface area contributed by atoms with Gasteiger partial charge in [0.25, 0.3) is 5.91 Å². The summed E-state index contributed by atoms with van der Waals surface area (Å²) in [4.78, 5) is 54.2. The number of urea groups is 1. The Morgan fingerprint density at radius 1 is 1.13 bits per heavy atom. The van der Waals surface area contributed by atoms with Crippen LogP contribution in [0, 0.1) is 0 Å². The lowest BCUT2D eigenvalue weighted by molar-refractivity contribution is -0.142. The molecule has 2 heterocycles. The van der Waals surface area contributed by atoms with Crippen molar-refractivity contribution in [1.82, 2.24) is 15.1 Å². The van der Waals surface area contributed by atoms with Gasteiger partial charge in [-0.1, -0.05) is 6.07 Å². The third-order valence-corrected chi connectivity index (χ3v) is 7.51. The van der Waals surface area contributed by atoms with E-state index in [9.17, 15) is 19.2 Å². The Labute approximate surface area is 220 Å². The molecule has 5 amide bonds. The van der Waals surface area contributed by atoms with Gasteiger partial charge in [0, 0.05) is 42.9 Å². The second kappa shape index (κ2) is 9.88. The van der Waals surface area contributed by atoms with Crippen molar-refractivity contribution in [3.8, 4) is 11.5 Å². The summed E-state index contributed by atoms with van der Waals surface area (Å²) in [7, 11) is 4.65. The van der Waals surface area contributed by atoms with Gasteiger partial charge < -0.3 is 29.7 Å². The predicted octanol–water partition coefficient (Wildman–Crippen LogP) is 2.94. The predicted molar refractivity (Wildman–Crippen MR) is 136 cm³/mol. The van der Waals surface area contributed by atoms with Gasteiger partial charge >= 0.3 is 12.1 Å². The number of fused-ring (bicyclic) bond motifs is 2. The molecule has 3 aliphatic rings. The van der Waals surface area contributed by atoms with Crippen LogP contribution in [0.2, 0.25) is 0 Å². The highest BCUT2D eigenvalue weighted by Gasteiger charge is 2.58. The lowest BCUT2D eigenvalue weighted by Crippen LogP contribution is -2.44. The smallest absolute Gasteiger partial charge is 0.418 e. The second-order valence-corrected chi connectivity index (χ2v) is 9.52. The molecular weight excluding hydrogens is 492 g/mol. The highest BCUT2D eigenvalue weighted by molar-refractivity contribution is 6.06. The molecule has 1 aliphatic carbocycles. The third-order valence-electron chi connectivity index (χ3n) is 7.51. The van der Waals surface area contributed by atoms with Gasteiger partial charge in [0.1, 0.15) is 18.0 Å². The number of aryl methyl sites for hydroxylation is 1. The minimum Gasteiger partial charge on any atom is -0.497 e. The van der Waals surface area contributed by atoms with Crippen LogP contribution in [0.4, 0.5) is 15.3 Å². The molecule has 0 radical (unpaired) electrons. The van der Waals surface area contributed by atoms with Gasteiger partial charge in [-0.05, 0) is 49.1 Å². The van der Waals surface area contributed by atoms with Gasteiger partial charge in [-0.3, -0.25) is 9.59 Å². The van der Waals surface area contributed by atoms with Crippen LogP contribution in [-0.4, -0.2) is 68.1 Å². The van der Waals surface area contributed by atoms with Crippen molar-refractivity contribution in [1.29, 1.82) is 0 Å². The first-order valence-corrected chi connectivity index (χ1v) is 12.5. The Balaban J connectivity index is 1.34. The van der Waals surface area contributed by atoms with Crippen LogP contribution in [0.1, 0.15) is 42.0 Å². The average molecular weight is 523 g/mol. The zero-order valence-electron chi connectivity index (χ0n) is 21.5. The van der Waals surface area contributed by atoms with E-state index in [1.54, 1.807) is 43.4 Å². The van der Waals surface area contributed by atoms with E-state index in [1.165, 1.54) is 7.05 Å². The van der Waals surface area contributed by atoms with E-state index in [1.807, 2.05) is 12.1 Å². The van der Waals surface area contributed by atoms with Crippen LogP contribution in [0.3, 0.4) is 0 Å². The maximum absolute atomic E-state index is 13.6. The zero-order chi connectivity index (χ0) is 27.0. The van der Waals surface area contributed by atoms with Crippen molar-refractivity contribution in [3.63, 3.8) is 0 Å². The third kappa shape index (κ3) is 4.17. The lowest BCUT2D eigenvalue weighted by Gasteiger charge is -2.28. The Bertz CT molecular complexity index is 1310. The molecule has 0 saturated carbocycles. The summed E-state index contributed by atoms with van der Waals surface area (Å²) in [5, 5.41) is 5.19. The first-order valence-electron chi connectivity index (χ1n) is 12.5. The van der Waals surface area contributed by atoms with Crippen molar-refractivity contribution in [2.75, 3.05) is 39.7 Å². The van der Waals surface area contributed by atoms with E-state index < -0.39 is 24.1 Å². The highest BCUT2D eigenvalue weighted by atomic mass is 16.6. The maximum atomic E-state index is 13.6. The quantitative estimate of drug-likeness (QED) is 0.597. The Kier molecular flexibility index (Phi) is 6.60. The highest BCUT2D eigenvalue weighted by Crippen LogP contribution is 2.46. The number of carbonyl (C=O) groups is 4. The van der Waals surface area contributed by atoms with Crippen molar-refractivity contribution >= 4 is 29.6 Å². The number of hydrogen-bond acceptors (Lipinski definition) is 7. The van der Waals surface area contributed by atoms with E-state index in [2.05, 4.69) is 10.6 Å². The van der Waals surface area contributed by atoms with Crippen molar-refractivity contribution < 1.29 is 33.4 Å². The number of amides is 5. The molecule has 0 bridgehead atoms. The van der Waals surface area contributed by atoms with Crippen molar-refractivity contribution in [2.24, 2.45) is 0 Å². The molecule has 38 heavy (non-hydrogen) atoms. The average Bonchev–Trinajstić information content (AvgIpc) is 3.61. The molecule has 1 unspecified atom stereocenters. The Morgan fingerprint density at radius 3 is 2.68 bits per heavy atom. The van der Waals surface area contributed by atoms with Gasteiger partial charge in [-0.25, -0.2) is 14.5 Å². The largest absolute Gasteiger partial charge is 0.497 e. The summed E-state index contributed by atoms with van der Waals surface area (Å²) in [6.07, 6.45) is 1.45. The van der Waals surface area contributed by atoms with Crippen LogP contribution in [0.15, 0.2) is 36.4 Å². The van der Waals surface area contributed by atoms with E-state index in [0.29, 0.717) is 35.7 Å². The number of likely N-dealkylation sites (tertiary alicyclic amines) is 1. The summed E-state index contributed by atoms with van der Waals surface area (Å²) in [6, 6.07) is 9.98. The molecule has 11 nitrogen and oxygen atoms in total. The fourth-order valence-electron chi connectivity index (χ4n) is 5.63. The molecule has 2 saturated heterocycles. The van der Waals surface area contributed by atoms with Crippen LogP contribution < -0.4 is 20.1 Å². The normalized spacial score (nSPS) is 21.9. The van der Waals surface area contributed by atoms with Gasteiger partial charge in [-0.15, -0.1) is 0 Å². The number of ether oxygens (including phenoxy) is 3. The minimum atomic E-state index is -1.46. The van der Waals surface area contributed by atoms with Crippen LogP contribution in [0.5, 0.6) is 11.5 Å². The fourth-order valence-corrected chi connectivity index (χ4v) is 5.63. The standard InChI is InChI=1S/C27H30N4O7/c1-28-25(34)29-17-6-9-20-16(13-17)10-11-27(20)24(33)31(26(35)38-27)15-23(32)30-12-4-5-21(30)19-8-7-18(36-2)14-22(19)37-3/h6-9,13-14,21H,4-5,10-12,15H2,1-3H3,(H2,28,29,34)/t21-,27?/m1/s1. The molecule has 5 rings (SSSR count). The number of imide groups is 1. The number of methoxy groups -OCH3 is 2. The molecule has 2 aromatic carbocycles. The number of rotatable bonds is 6. The van der Waals surface area contributed by atoms with E-state index >= 15 is 0 Å². The fraction of sp³-hybridized carbons (Fsp3) is 0.407. The summed E-state index contributed by atoms with van der Waals surface area (Å²) >= 11 is 0. The summed E-state index contributed by atoms with van der Waals surface area (Å²) in [5.74, 6) is 0.374. The molecule has 11 heteroatoms. The van der Waals surface area contributed by atoms with Gasteiger partial charge in [0.2, 0.25) is 11.5 Å². The molecule has 1 spiro atoms. The first kappa shape index (κ1) is 25.4. The second-order valence-electron chi connectivity index (χ2n) is 9.52. The first-order chi connectivity index (χ1) is 18.3. The summed E-state index contributed by atoms with van der Waals surface area (Å²) in [6.45, 7) is 0.102. The maximum Gasteiger partial charge on any atom is 0.418 e. The van der Waals surface area contributed by atoms with Gasteiger partial charge in [-0.2, -0.15) is 0 Å². The Morgan fingerprint density at radius 2 is 1.95 bits per heavy atom. The molecular formula is C27H30N4O7. The van der Waals surface area contributed by atoms with Crippen molar-refractivity contribution in [3.05, 3.63) is 53.1 Å². The molecule has 2 fully saturated rings. The minimum absolute atomic E-state index is 0.246. The molecule has 2 N–H and O–H groups in total. The van der Waals surface area contributed by atoms with Crippen LogP contribution in [-0.2, 0) is 26.3 Å². The van der Waals surface area contributed by atoms with Gasteiger partial charge in [0.15, 0.2) is 0 Å². The molecule has 0 aromatic heterocycles. The van der Waals surface area contributed by atoms with E-state index in [-0.39, 0.29) is 24.4 Å². The summed E-state index contributed by atoms with van der Waals surface area (Å²) in [5.41, 5.74) is 1.34. The molecule has 200 valence electrons. The zero-order valence-corrected chi connectivity index (χ0v) is 21.5. The molecule has 2 atom stereocenters. The molecule has 2 aliphatic heterocycles. The lowest BCUT2D eigenvalue weighted by atomic mass is 9.94. The SMILES string of the molecule is CNC(=O)Nc1ccc2c(c1)CCC21OC(=O)N(CC(=O)N2CCC[C@@H]2c2ccc(OC)cc2OC)C1=O. The number of benzene rings is 2. The topological polar surface area (TPSA) is 127 Å². The number of carbonyl (C=O) groups excluding carboxylic acids is 4. The number of anilines is 1. The Hall–Kier alpha value is -4.28. The van der Waals surface area contributed by atoms with Crippen LogP contribution in [0.25, 0.3) is 0 Å². The monoisotopic (exact) mass is 522 g/mol. The number of hydrogen-bond donors (Lipinski definition) is 2. The van der Waals surface area contributed by atoms with E-state index in [4.69, 9.17) is 14.2 Å². The van der Waals surface area contributed by atoms with Gasteiger partial charge in [0.05, 0.1) is 20.3 Å². The summed E-state index contributed by atoms with van der Waals surface area (Å²) < 4.78 is 16.5. The van der Waals surface area contributed by atoms with E-state index in [0.717, 1.165) is 28.9 Å². The van der Waals surface area contributed by atoms with Crippen LogP contribution >= 0.6 is 0 Å². The molecule has 2 aromatic rings. The number of nitrogens with zero attached hydrogens (tertiary/aromatic N) is 2. The number of nitrogens with one attached hydrogen (secondary N) is 2. The van der Waals surface area contributed by atoms with Crippen molar-refractivity contribution in [2.45, 2.75) is 37.3 Å².